The number of aliphatic hydroxyl groups excluding tert-OH is 2. The number of carboxylic acids is 1. The fourth-order valence-electron chi connectivity index (χ4n) is 6.67. The van der Waals surface area contributed by atoms with Crippen LogP contribution in [0.4, 0.5) is 4.39 Å². The Morgan fingerprint density at radius 1 is 1.18 bits per heavy atom. The molecular formula is C34H59FO4. The molecule has 4 nitrogen and oxygen atoms in total. The van der Waals surface area contributed by atoms with Gasteiger partial charge in [0.2, 0.25) is 0 Å². The van der Waals surface area contributed by atoms with Gasteiger partial charge in [-0.05, 0) is 91.6 Å². The minimum Gasteiger partial charge on any atom is -0.478 e. The quantitative estimate of drug-likeness (QED) is 0.277. The molecule has 3 rings (SSSR count). The molecule has 3 saturated carbocycles. The van der Waals surface area contributed by atoms with Crippen LogP contribution in [0.5, 0.6) is 0 Å². The van der Waals surface area contributed by atoms with Crippen LogP contribution < -0.4 is 0 Å². The van der Waals surface area contributed by atoms with Gasteiger partial charge in [-0.1, -0.05) is 86.3 Å². The van der Waals surface area contributed by atoms with Gasteiger partial charge in [0.05, 0.1) is 19.4 Å². The fourth-order valence-corrected chi connectivity index (χ4v) is 6.67. The summed E-state index contributed by atoms with van der Waals surface area (Å²) in [4.78, 5) is 10.7. The number of alkyl halides is 1. The second kappa shape index (κ2) is 17.2. The van der Waals surface area contributed by atoms with E-state index in [1.54, 1.807) is 5.57 Å². The lowest BCUT2D eigenvalue weighted by Gasteiger charge is -2.41. The standard InChI is InChI=1S/C21H32O2.C11H20O2.CH3F.CH4/c1-13-7-10-18-16(6-5-11-21(13,18)4)8-9-17-12-19(22)15(3)20(23)14(17)2;1-5-6-10(7-8(2)3)9(4)11(12)13;1-2;/h8-9,13,15,18-20,22-23H,2,5-7,10-12H2,1,3-4H3;8,10H,4-7H2,1-3H3,(H,12,13);1H3;1H4/b16-8+,17-9-;;;/t13?,15?,18-,19+,20?,21?;;;/m0.../s1. The van der Waals surface area contributed by atoms with Gasteiger partial charge < -0.3 is 15.3 Å². The van der Waals surface area contributed by atoms with Gasteiger partial charge in [-0.3, -0.25) is 4.39 Å². The number of aliphatic carboxylic acids is 1. The van der Waals surface area contributed by atoms with E-state index in [0.29, 0.717) is 36.4 Å². The van der Waals surface area contributed by atoms with Crippen LogP contribution in [0.1, 0.15) is 107 Å². The number of carboxylic acid groups (broad SMARTS) is 1. The Hall–Kier alpha value is -1.72. The molecule has 3 aliphatic rings. The molecule has 3 fully saturated rings. The molecule has 0 heterocycles. The van der Waals surface area contributed by atoms with Gasteiger partial charge in [0.1, 0.15) is 0 Å². The lowest BCUT2D eigenvalue weighted by atomic mass is 9.64. The molecule has 0 radical (unpaired) electrons. The molecule has 0 aromatic rings. The van der Waals surface area contributed by atoms with Gasteiger partial charge in [-0.2, -0.15) is 0 Å². The van der Waals surface area contributed by atoms with Gasteiger partial charge >= 0.3 is 5.97 Å². The number of aliphatic hydroxyl groups is 2. The maximum atomic E-state index is 10.7. The van der Waals surface area contributed by atoms with Crippen molar-refractivity contribution in [2.24, 2.45) is 35.0 Å². The SMILES string of the molecule is C.C=C(C(=O)O)C(CCC)CC(C)C.C=C1/C(=C\C=C2/CCCC3(C)C(C)CC[C@@H]23)C[C@@H](O)C(C)C1O.CF. The number of fused-ring (bicyclic) bond motifs is 1. The lowest BCUT2D eigenvalue weighted by Crippen LogP contribution is -2.36. The van der Waals surface area contributed by atoms with Crippen molar-refractivity contribution < 1.29 is 24.5 Å². The lowest BCUT2D eigenvalue weighted by molar-refractivity contribution is -0.133. The molecule has 226 valence electrons. The van der Waals surface area contributed by atoms with Crippen molar-refractivity contribution >= 4 is 5.97 Å². The molecule has 5 unspecified atom stereocenters. The average Bonchev–Trinajstić information content (AvgIpc) is 3.19. The Labute approximate surface area is 239 Å². The van der Waals surface area contributed by atoms with E-state index in [0.717, 1.165) is 36.3 Å². The van der Waals surface area contributed by atoms with Crippen LogP contribution >= 0.6 is 0 Å². The van der Waals surface area contributed by atoms with Crippen molar-refractivity contribution in [1.82, 2.24) is 0 Å². The number of hydrogen-bond donors (Lipinski definition) is 3. The monoisotopic (exact) mass is 550 g/mol. The van der Waals surface area contributed by atoms with Gasteiger partial charge in [0, 0.05) is 11.5 Å². The molecule has 3 N–H and O–H groups in total. The van der Waals surface area contributed by atoms with Crippen LogP contribution in [-0.2, 0) is 4.79 Å². The highest BCUT2D eigenvalue weighted by atomic mass is 19.1. The van der Waals surface area contributed by atoms with Gasteiger partial charge in [0.15, 0.2) is 0 Å². The van der Waals surface area contributed by atoms with E-state index in [9.17, 15) is 19.4 Å². The Bertz CT molecular complexity index is 857. The van der Waals surface area contributed by atoms with Crippen molar-refractivity contribution in [3.63, 3.8) is 0 Å². The molecule has 0 amide bonds. The van der Waals surface area contributed by atoms with Crippen LogP contribution in [0.15, 0.2) is 47.6 Å². The van der Waals surface area contributed by atoms with Gasteiger partial charge in [-0.25, -0.2) is 4.79 Å². The first-order chi connectivity index (χ1) is 17.8. The first-order valence-corrected chi connectivity index (χ1v) is 14.6. The van der Waals surface area contributed by atoms with E-state index in [4.69, 9.17) is 5.11 Å². The van der Waals surface area contributed by atoms with E-state index < -0.39 is 18.2 Å². The van der Waals surface area contributed by atoms with E-state index in [2.05, 4.69) is 59.9 Å². The van der Waals surface area contributed by atoms with Crippen LogP contribution in [-0.4, -0.2) is 40.7 Å². The number of halogens is 1. The summed E-state index contributed by atoms with van der Waals surface area (Å²) in [6, 6.07) is 0. The minimum absolute atomic E-state index is 0. The molecule has 7 atom stereocenters. The Balaban J connectivity index is 0.000000779. The summed E-state index contributed by atoms with van der Waals surface area (Å²) < 4.78 is 9.50. The zero-order valence-electron chi connectivity index (χ0n) is 25.1. The van der Waals surface area contributed by atoms with Gasteiger partial charge in [-0.15, -0.1) is 0 Å². The second-order valence-electron chi connectivity index (χ2n) is 12.4. The summed E-state index contributed by atoms with van der Waals surface area (Å²) in [5.74, 6) is 1.25. The van der Waals surface area contributed by atoms with Gasteiger partial charge in [0.25, 0.3) is 0 Å². The molecule has 5 heteroatoms. The van der Waals surface area contributed by atoms with E-state index in [1.807, 2.05) is 6.92 Å². The molecule has 0 spiro atoms. The van der Waals surface area contributed by atoms with E-state index in [-0.39, 0.29) is 19.3 Å². The summed E-state index contributed by atoms with van der Waals surface area (Å²) >= 11 is 0. The van der Waals surface area contributed by atoms with Crippen LogP contribution in [0.2, 0.25) is 0 Å². The van der Waals surface area contributed by atoms with Crippen LogP contribution in [0.25, 0.3) is 0 Å². The van der Waals surface area contributed by atoms with E-state index in [1.165, 1.54) is 32.1 Å². The van der Waals surface area contributed by atoms with Crippen molar-refractivity contribution in [3.8, 4) is 0 Å². The third-order valence-corrected chi connectivity index (χ3v) is 9.40. The highest BCUT2D eigenvalue weighted by Gasteiger charge is 2.47. The molecular weight excluding hydrogens is 491 g/mol. The van der Waals surface area contributed by atoms with Crippen molar-refractivity contribution in [1.29, 1.82) is 0 Å². The topological polar surface area (TPSA) is 77.8 Å². The smallest absolute Gasteiger partial charge is 0.331 e. The summed E-state index contributed by atoms with van der Waals surface area (Å²) in [7, 11) is 0.500. The zero-order valence-corrected chi connectivity index (χ0v) is 25.1. The third-order valence-electron chi connectivity index (χ3n) is 9.40. The Kier molecular flexibility index (Phi) is 16.4. The molecule has 3 aliphatic carbocycles. The first-order valence-electron chi connectivity index (χ1n) is 14.6. The highest BCUT2D eigenvalue weighted by Crippen LogP contribution is 2.57. The molecule has 0 saturated heterocycles. The number of rotatable bonds is 7. The third kappa shape index (κ3) is 9.70. The molecule has 0 bridgehead atoms. The summed E-state index contributed by atoms with van der Waals surface area (Å²) in [5.41, 5.74) is 4.23. The number of hydrogen-bond acceptors (Lipinski definition) is 3. The minimum atomic E-state index is -0.848. The largest absolute Gasteiger partial charge is 0.478 e. The summed E-state index contributed by atoms with van der Waals surface area (Å²) in [6.07, 6.45) is 13.3. The Morgan fingerprint density at radius 3 is 2.33 bits per heavy atom. The Morgan fingerprint density at radius 2 is 1.79 bits per heavy atom. The van der Waals surface area contributed by atoms with Crippen molar-refractivity contribution in [2.75, 3.05) is 7.18 Å². The number of allylic oxidation sites excluding steroid dienone is 3. The number of carbonyl (C=O) groups is 1. The van der Waals surface area contributed by atoms with Crippen LogP contribution in [0, 0.1) is 35.0 Å². The van der Waals surface area contributed by atoms with Crippen LogP contribution in [0.3, 0.4) is 0 Å². The second-order valence-corrected chi connectivity index (χ2v) is 12.4. The molecule has 0 aromatic carbocycles. The molecule has 39 heavy (non-hydrogen) atoms. The first kappa shape index (κ1) is 37.3. The van der Waals surface area contributed by atoms with E-state index >= 15 is 0 Å². The summed E-state index contributed by atoms with van der Waals surface area (Å²) in [6.45, 7) is 20.8. The van der Waals surface area contributed by atoms with Crippen molar-refractivity contribution in [3.05, 3.63) is 47.6 Å². The molecule has 0 aromatic heterocycles. The molecule has 0 aliphatic heterocycles. The normalized spacial score (nSPS) is 32.8. The fraction of sp³-hybridized carbons (Fsp3) is 0.735. The average molecular weight is 551 g/mol. The predicted molar refractivity (Wildman–Crippen MR) is 163 cm³/mol. The van der Waals surface area contributed by atoms with Crippen molar-refractivity contribution in [2.45, 2.75) is 119 Å². The predicted octanol–water partition coefficient (Wildman–Crippen LogP) is 8.70. The maximum absolute atomic E-state index is 10.7. The highest BCUT2D eigenvalue weighted by molar-refractivity contribution is 5.86. The maximum Gasteiger partial charge on any atom is 0.331 e. The zero-order chi connectivity index (χ0) is 29.2. The summed E-state index contributed by atoms with van der Waals surface area (Å²) in [5, 5.41) is 29.2.